The average molecular weight is 484 g/mol. The summed E-state index contributed by atoms with van der Waals surface area (Å²) in [6.07, 6.45) is 5.17. The summed E-state index contributed by atoms with van der Waals surface area (Å²) in [6.45, 7) is 6.93. The van der Waals surface area contributed by atoms with Gasteiger partial charge in [-0.25, -0.2) is 0 Å². The van der Waals surface area contributed by atoms with Gasteiger partial charge in [0.15, 0.2) is 5.69 Å². The van der Waals surface area contributed by atoms with Crippen molar-refractivity contribution in [1.82, 2.24) is 9.89 Å². The van der Waals surface area contributed by atoms with Crippen molar-refractivity contribution in [2.75, 3.05) is 12.0 Å². The van der Waals surface area contributed by atoms with E-state index in [2.05, 4.69) is 37.9 Å². The van der Waals surface area contributed by atoms with E-state index < -0.39 is 0 Å². The number of azo groups is 2. The molecule has 8 heteroatoms. The van der Waals surface area contributed by atoms with Gasteiger partial charge in [0.2, 0.25) is 0 Å². The van der Waals surface area contributed by atoms with Crippen LogP contribution < -0.4 is 11.0 Å². The van der Waals surface area contributed by atoms with Crippen LogP contribution in [-0.4, -0.2) is 16.4 Å². The molecule has 0 bridgehead atoms. The molecule has 3 aromatic carbocycles. The van der Waals surface area contributed by atoms with Gasteiger partial charge in [-0.15, -0.1) is 15.3 Å². The fraction of sp³-hybridized carbons (Fsp3) is 0.321. The van der Waals surface area contributed by atoms with Gasteiger partial charge in [0, 0.05) is 17.3 Å². The van der Waals surface area contributed by atoms with E-state index >= 15 is 0 Å². The molecule has 0 saturated carbocycles. The Morgan fingerprint density at radius 3 is 2.11 bits per heavy atom. The predicted molar refractivity (Wildman–Crippen MR) is 146 cm³/mol. The van der Waals surface area contributed by atoms with Gasteiger partial charge in [-0.2, -0.15) is 9.91 Å². The van der Waals surface area contributed by atoms with E-state index in [4.69, 9.17) is 0 Å². The third kappa shape index (κ3) is 5.94. The van der Waals surface area contributed by atoms with E-state index in [9.17, 15) is 4.79 Å². The third-order valence-corrected chi connectivity index (χ3v) is 6.04. The quantitative estimate of drug-likeness (QED) is 0.166. The summed E-state index contributed by atoms with van der Waals surface area (Å²) in [5.41, 5.74) is 7.39. The molecule has 0 aliphatic heterocycles. The Bertz CT molecular complexity index is 1410. The highest BCUT2D eigenvalue weighted by Gasteiger charge is 2.13. The molecule has 0 aliphatic rings. The molecule has 0 fully saturated rings. The maximum Gasteiger partial charge on any atom is 0.313 e. The zero-order chi connectivity index (χ0) is 25.3. The van der Waals surface area contributed by atoms with Crippen molar-refractivity contribution in [1.29, 1.82) is 0 Å². The minimum Gasteiger partial charge on any atom is -0.308 e. The molecule has 0 atom stereocenters. The standard InChI is InChI=1S/C28H33N7O/c1-4-6-7-10-19-29-35-28(36)27(24(5-2)34-35)33-32-26-18-17-25(22-11-8-9-12-23(22)26)31-30-21-15-13-20(3)14-16-21/h8-9,11-18,29,34H,4-7,10,19H2,1-3H3. The number of aryl methyl sites for hydroxylation is 2. The van der Waals surface area contributed by atoms with Crippen LogP contribution in [0.3, 0.4) is 0 Å². The van der Waals surface area contributed by atoms with Crippen LogP contribution >= 0.6 is 0 Å². The van der Waals surface area contributed by atoms with Crippen molar-refractivity contribution < 1.29 is 0 Å². The topological polar surface area (TPSA) is 99.3 Å². The Labute approximate surface area is 211 Å². The molecule has 0 amide bonds. The zero-order valence-electron chi connectivity index (χ0n) is 21.2. The highest BCUT2D eigenvalue weighted by atomic mass is 16.1. The molecule has 186 valence electrons. The molecule has 36 heavy (non-hydrogen) atoms. The molecule has 1 aromatic heterocycles. The molecule has 4 rings (SSSR count). The summed E-state index contributed by atoms with van der Waals surface area (Å²) in [7, 11) is 0. The van der Waals surface area contributed by atoms with Crippen molar-refractivity contribution in [2.24, 2.45) is 20.5 Å². The number of aromatic nitrogens is 2. The van der Waals surface area contributed by atoms with E-state index in [1.54, 1.807) is 0 Å². The van der Waals surface area contributed by atoms with E-state index in [-0.39, 0.29) is 5.56 Å². The normalized spacial score (nSPS) is 11.8. The number of rotatable bonds is 11. The first-order valence-electron chi connectivity index (χ1n) is 12.6. The van der Waals surface area contributed by atoms with Crippen LogP contribution in [0.4, 0.5) is 22.7 Å². The van der Waals surface area contributed by atoms with Crippen LogP contribution in [0.5, 0.6) is 0 Å². The lowest BCUT2D eigenvalue weighted by Gasteiger charge is -2.05. The van der Waals surface area contributed by atoms with Gasteiger partial charge in [0.05, 0.1) is 22.8 Å². The van der Waals surface area contributed by atoms with Crippen LogP contribution in [0.1, 0.15) is 50.8 Å². The molecule has 4 aromatic rings. The number of nitrogens with one attached hydrogen (secondary N) is 2. The van der Waals surface area contributed by atoms with E-state index in [0.717, 1.165) is 47.2 Å². The lowest BCUT2D eigenvalue weighted by atomic mass is 10.1. The van der Waals surface area contributed by atoms with Gasteiger partial charge < -0.3 is 5.43 Å². The van der Waals surface area contributed by atoms with Gasteiger partial charge in [0.1, 0.15) is 0 Å². The van der Waals surface area contributed by atoms with Crippen LogP contribution in [0.25, 0.3) is 10.8 Å². The fourth-order valence-corrected chi connectivity index (χ4v) is 3.95. The maximum absolute atomic E-state index is 12.9. The van der Waals surface area contributed by atoms with Crippen LogP contribution in [0.15, 0.2) is 85.9 Å². The first-order valence-corrected chi connectivity index (χ1v) is 12.6. The smallest absolute Gasteiger partial charge is 0.308 e. The maximum atomic E-state index is 12.9. The third-order valence-electron chi connectivity index (χ3n) is 6.04. The number of H-pyrrole nitrogens is 1. The SMILES string of the molecule is CCCCCCNn1[nH]c(CC)c(N=Nc2ccc(N=Nc3ccc(C)cc3)c3ccccc23)c1=O. The summed E-state index contributed by atoms with van der Waals surface area (Å²) >= 11 is 0. The summed E-state index contributed by atoms with van der Waals surface area (Å²) in [5, 5.41) is 22.6. The fourth-order valence-electron chi connectivity index (χ4n) is 3.95. The molecule has 0 spiro atoms. The average Bonchev–Trinajstić information content (AvgIpc) is 3.21. The number of hydrogen-bond acceptors (Lipinski definition) is 6. The highest BCUT2D eigenvalue weighted by molar-refractivity contribution is 5.99. The Morgan fingerprint density at radius 1 is 0.806 bits per heavy atom. The predicted octanol–water partition coefficient (Wildman–Crippen LogP) is 8.16. The Balaban J connectivity index is 1.59. The molecule has 1 heterocycles. The Morgan fingerprint density at radius 2 is 1.47 bits per heavy atom. The minimum atomic E-state index is -0.223. The lowest BCUT2D eigenvalue weighted by Crippen LogP contribution is -2.27. The second kappa shape index (κ2) is 12.1. The summed E-state index contributed by atoms with van der Waals surface area (Å²) < 4.78 is 0. The van der Waals surface area contributed by atoms with Crippen LogP contribution in [0.2, 0.25) is 0 Å². The molecule has 0 aliphatic carbocycles. The molecule has 0 saturated heterocycles. The Hall–Kier alpha value is -4.07. The molecular formula is C28H33N7O. The number of unbranched alkanes of at least 4 members (excludes halogenated alkanes) is 3. The first-order chi connectivity index (χ1) is 17.6. The molecule has 0 unspecified atom stereocenters. The van der Waals surface area contributed by atoms with Crippen molar-refractivity contribution in [2.45, 2.75) is 52.9 Å². The minimum absolute atomic E-state index is 0.223. The van der Waals surface area contributed by atoms with Gasteiger partial charge in [-0.05, 0) is 44.0 Å². The van der Waals surface area contributed by atoms with Crippen LogP contribution in [0, 0.1) is 6.92 Å². The first kappa shape index (κ1) is 25.0. The van der Waals surface area contributed by atoms with Crippen LogP contribution in [-0.2, 0) is 6.42 Å². The second-order valence-corrected chi connectivity index (χ2v) is 8.79. The molecule has 8 nitrogen and oxygen atoms in total. The van der Waals surface area contributed by atoms with E-state index in [0.29, 0.717) is 17.8 Å². The van der Waals surface area contributed by atoms with Gasteiger partial charge in [-0.1, -0.05) is 75.1 Å². The zero-order valence-corrected chi connectivity index (χ0v) is 21.2. The number of hydrogen-bond donors (Lipinski definition) is 2. The number of aromatic amines is 1. The number of nitrogens with zero attached hydrogens (tertiary/aromatic N) is 5. The van der Waals surface area contributed by atoms with Crippen molar-refractivity contribution >= 4 is 33.5 Å². The lowest BCUT2D eigenvalue weighted by molar-refractivity contribution is 0.630. The Kier molecular flexibility index (Phi) is 8.39. The largest absolute Gasteiger partial charge is 0.313 e. The molecular weight excluding hydrogens is 450 g/mol. The van der Waals surface area contributed by atoms with Crippen molar-refractivity contribution in [3.63, 3.8) is 0 Å². The number of benzene rings is 3. The monoisotopic (exact) mass is 483 g/mol. The van der Waals surface area contributed by atoms with Crippen molar-refractivity contribution in [3.8, 4) is 0 Å². The van der Waals surface area contributed by atoms with E-state index in [1.807, 2.05) is 74.5 Å². The van der Waals surface area contributed by atoms with Gasteiger partial charge >= 0.3 is 5.56 Å². The molecule has 2 N–H and O–H groups in total. The summed E-state index contributed by atoms with van der Waals surface area (Å²) in [6, 6.07) is 19.5. The summed E-state index contributed by atoms with van der Waals surface area (Å²) in [5.74, 6) is 0. The van der Waals surface area contributed by atoms with Gasteiger partial charge in [-0.3, -0.25) is 9.89 Å². The van der Waals surface area contributed by atoms with Gasteiger partial charge in [0.25, 0.3) is 0 Å². The van der Waals surface area contributed by atoms with E-state index in [1.165, 1.54) is 23.2 Å². The second-order valence-electron chi connectivity index (χ2n) is 8.79. The highest BCUT2D eigenvalue weighted by Crippen LogP contribution is 2.35. The number of fused-ring (bicyclic) bond motifs is 1. The van der Waals surface area contributed by atoms with Crippen molar-refractivity contribution in [3.05, 3.63) is 82.3 Å². The molecule has 0 radical (unpaired) electrons. The summed E-state index contributed by atoms with van der Waals surface area (Å²) in [4.78, 5) is 14.4.